The number of piperidine rings is 1. The van der Waals surface area contributed by atoms with E-state index >= 15 is 0 Å². The van der Waals surface area contributed by atoms with Gasteiger partial charge in [0.1, 0.15) is 6.61 Å². The van der Waals surface area contributed by atoms with Crippen LogP contribution in [0, 0.1) is 10.7 Å². The Bertz CT molecular complexity index is 899. The van der Waals surface area contributed by atoms with Crippen molar-refractivity contribution < 1.29 is 9.47 Å². The van der Waals surface area contributed by atoms with E-state index in [1.165, 1.54) is 25.7 Å². The van der Waals surface area contributed by atoms with Crippen LogP contribution in [0.2, 0.25) is 0 Å². The lowest BCUT2D eigenvalue weighted by atomic mass is 10.00. The lowest BCUT2D eigenvalue weighted by Gasteiger charge is -2.31. The number of nitrogens with zero attached hydrogens (tertiary/aromatic N) is 5. The Balaban J connectivity index is 1.39. The Morgan fingerprint density at radius 1 is 1.13 bits per heavy atom. The van der Waals surface area contributed by atoms with Crippen molar-refractivity contribution in [3.63, 3.8) is 0 Å². The Kier molecular flexibility index (Phi) is 6.63. The molecule has 1 aliphatic heterocycles. The molecule has 1 aromatic carbocycles. The maximum Gasteiger partial charge on any atom is 0.226 e. The molecule has 0 spiro atoms. The van der Waals surface area contributed by atoms with Gasteiger partial charge in [0.15, 0.2) is 11.5 Å². The number of benzene rings is 1. The quantitative estimate of drug-likeness (QED) is 0.560. The number of rotatable bonds is 9. The maximum absolute atomic E-state index is 5.91. The standard InChI is InChI=1S/C22H33N5O2S/c1-17-10-12-25(13-11-17)21-23-26(22(30)27(21)18-8-9-18)16-24(2)14-15-29-20-7-5-4-6-19(20)28-3/h4-7,17-18H,8-16H2,1-3H3. The van der Waals surface area contributed by atoms with Crippen LogP contribution in [-0.2, 0) is 6.67 Å². The van der Waals surface area contributed by atoms with Crippen LogP contribution >= 0.6 is 12.2 Å². The molecule has 8 heteroatoms. The fourth-order valence-corrected chi connectivity index (χ4v) is 4.26. The summed E-state index contributed by atoms with van der Waals surface area (Å²) in [5, 5.41) is 4.95. The molecule has 0 atom stereocenters. The molecule has 1 aliphatic carbocycles. The fraction of sp³-hybridized carbons (Fsp3) is 0.636. The number of para-hydroxylation sites is 2. The molecular formula is C22H33N5O2S. The van der Waals surface area contributed by atoms with Crippen molar-refractivity contribution in [2.45, 2.75) is 45.3 Å². The smallest absolute Gasteiger partial charge is 0.226 e. The molecule has 2 fully saturated rings. The predicted molar refractivity (Wildman–Crippen MR) is 121 cm³/mol. The molecule has 4 rings (SSSR count). The van der Waals surface area contributed by atoms with Gasteiger partial charge in [0, 0.05) is 25.7 Å². The number of likely N-dealkylation sites (N-methyl/N-ethyl adjacent to an activating group) is 1. The zero-order valence-corrected chi connectivity index (χ0v) is 19.1. The zero-order chi connectivity index (χ0) is 21.1. The summed E-state index contributed by atoms with van der Waals surface area (Å²) in [4.78, 5) is 4.62. The van der Waals surface area contributed by atoms with E-state index in [0.717, 1.165) is 47.8 Å². The summed E-state index contributed by atoms with van der Waals surface area (Å²) in [6.07, 6.45) is 4.87. The number of hydrogen-bond acceptors (Lipinski definition) is 6. The van der Waals surface area contributed by atoms with Gasteiger partial charge in [0.05, 0.1) is 13.8 Å². The van der Waals surface area contributed by atoms with E-state index < -0.39 is 0 Å². The van der Waals surface area contributed by atoms with E-state index in [1.54, 1.807) is 7.11 Å². The Morgan fingerprint density at radius 2 is 1.83 bits per heavy atom. The van der Waals surface area contributed by atoms with Gasteiger partial charge in [0.2, 0.25) is 10.7 Å². The Morgan fingerprint density at radius 3 is 2.50 bits per heavy atom. The average Bonchev–Trinajstić information content (AvgIpc) is 3.53. The van der Waals surface area contributed by atoms with Gasteiger partial charge in [-0.25, -0.2) is 4.68 Å². The molecule has 0 amide bonds. The van der Waals surface area contributed by atoms with Crippen LogP contribution in [0.5, 0.6) is 11.5 Å². The highest BCUT2D eigenvalue weighted by Gasteiger charge is 2.31. The molecule has 30 heavy (non-hydrogen) atoms. The first-order chi connectivity index (χ1) is 14.6. The monoisotopic (exact) mass is 431 g/mol. The van der Waals surface area contributed by atoms with Gasteiger partial charge in [-0.05, 0) is 63.0 Å². The molecule has 2 aromatic rings. The third kappa shape index (κ3) is 4.81. The van der Waals surface area contributed by atoms with Crippen LogP contribution in [0.15, 0.2) is 24.3 Å². The van der Waals surface area contributed by atoms with Crippen molar-refractivity contribution in [3.8, 4) is 11.5 Å². The van der Waals surface area contributed by atoms with Gasteiger partial charge in [0.25, 0.3) is 0 Å². The molecule has 0 bridgehead atoms. The molecule has 1 saturated carbocycles. The van der Waals surface area contributed by atoms with Crippen molar-refractivity contribution in [1.29, 1.82) is 0 Å². The van der Waals surface area contributed by atoms with Crippen molar-refractivity contribution in [3.05, 3.63) is 29.0 Å². The van der Waals surface area contributed by atoms with Crippen molar-refractivity contribution in [1.82, 2.24) is 19.2 Å². The first-order valence-corrected chi connectivity index (χ1v) is 11.4. The van der Waals surface area contributed by atoms with Crippen LogP contribution in [0.1, 0.15) is 38.6 Å². The number of anilines is 1. The molecule has 1 saturated heterocycles. The van der Waals surface area contributed by atoms with Gasteiger partial charge in [-0.2, -0.15) is 0 Å². The van der Waals surface area contributed by atoms with E-state index in [4.69, 9.17) is 26.8 Å². The normalized spacial score (nSPS) is 17.5. The summed E-state index contributed by atoms with van der Waals surface area (Å²) in [6, 6.07) is 8.26. The topological polar surface area (TPSA) is 47.7 Å². The number of aromatic nitrogens is 3. The minimum atomic E-state index is 0.528. The molecule has 0 N–H and O–H groups in total. The molecule has 164 valence electrons. The third-order valence-corrected chi connectivity index (χ3v) is 6.41. The van der Waals surface area contributed by atoms with Crippen LogP contribution in [0.4, 0.5) is 5.95 Å². The van der Waals surface area contributed by atoms with E-state index in [0.29, 0.717) is 19.3 Å². The van der Waals surface area contributed by atoms with E-state index in [-0.39, 0.29) is 0 Å². The van der Waals surface area contributed by atoms with Crippen LogP contribution in [-0.4, -0.2) is 59.6 Å². The van der Waals surface area contributed by atoms with Gasteiger partial charge in [-0.3, -0.25) is 9.47 Å². The van der Waals surface area contributed by atoms with Gasteiger partial charge >= 0.3 is 0 Å². The van der Waals surface area contributed by atoms with Gasteiger partial charge in [-0.15, -0.1) is 5.10 Å². The molecule has 2 aliphatic rings. The minimum absolute atomic E-state index is 0.528. The highest BCUT2D eigenvalue weighted by molar-refractivity contribution is 7.71. The van der Waals surface area contributed by atoms with Crippen molar-refractivity contribution >= 4 is 18.2 Å². The number of hydrogen-bond donors (Lipinski definition) is 0. The minimum Gasteiger partial charge on any atom is -0.493 e. The highest BCUT2D eigenvalue weighted by Crippen LogP contribution is 2.39. The Hall–Kier alpha value is -2.06. The summed E-state index contributed by atoms with van der Waals surface area (Å²) < 4.78 is 16.4. The Labute approximate surface area is 184 Å². The van der Waals surface area contributed by atoms with Crippen LogP contribution in [0.25, 0.3) is 0 Å². The summed E-state index contributed by atoms with van der Waals surface area (Å²) in [6.45, 7) is 6.48. The lowest BCUT2D eigenvalue weighted by molar-refractivity contribution is 0.194. The van der Waals surface area contributed by atoms with Gasteiger partial charge < -0.3 is 14.4 Å². The molecule has 7 nitrogen and oxygen atoms in total. The number of ether oxygens (including phenoxy) is 2. The van der Waals surface area contributed by atoms with Crippen LogP contribution < -0.4 is 14.4 Å². The van der Waals surface area contributed by atoms with E-state index in [9.17, 15) is 0 Å². The van der Waals surface area contributed by atoms with Gasteiger partial charge in [-0.1, -0.05) is 19.1 Å². The summed E-state index contributed by atoms with van der Waals surface area (Å²) in [7, 11) is 3.73. The summed E-state index contributed by atoms with van der Waals surface area (Å²) in [5.41, 5.74) is 0. The lowest BCUT2D eigenvalue weighted by Crippen LogP contribution is -2.35. The predicted octanol–water partition coefficient (Wildman–Crippen LogP) is 3.96. The molecule has 1 aromatic heterocycles. The highest BCUT2D eigenvalue weighted by atomic mass is 32.1. The molecular weight excluding hydrogens is 398 g/mol. The van der Waals surface area contributed by atoms with Crippen molar-refractivity contribution in [2.24, 2.45) is 5.92 Å². The third-order valence-electron chi connectivity index (χ3n) is 6.01. The molecule has 0 radical (unpaired) electrons. The molecule has 0 unspecified atom stereocenters. The first kappa shape index (κ1) is 21.2. The number of methoxy groups -OCH3 is 1. The second-order valence-corrected chi connectivity index (χ2v) is 8.94. The second kappa shape index (κ2) is 9.39. The second-order valence-electron chi connectivity index (χ2n) is 8.57. The average molecular weight is 432 g/mol. The summed E-state index contributed by atoms with van der Waals surface area (Å²) in [5.74, 6) is 3.39. The van der Waals surface area contributed by atoms with Crippen LogP contribution in [0.3, 0.4) is 0 Å². The SMILES string of the molecule is COc1ccccc1OCCN(C)Cn1nc(N2CCC(C)CC2)n(C2CC2)c1=S. The maximum atomic E-state index is 5.91. The van der Waals surface area contributed by atoms with E-state index in [1.807, 2.05) is 28.9 Å². The zero-order valence-electron chi connectivity index (χ0n) is 18.3. The largest absolute Gasteiger partial charge is 0.493 e. The van der Waals surface area contributed by atoms with Crippen molar-refractivity contribution in [2.75, 3.05) is 45.3 Å². The van der Waals surface area contributed by atoms with E-state index in [2.05, 4.69) is 28.3 Å². The molecule has 2 heterocycles. The summed E-state index contributed by atoms with van der Waals surface area (Å²) >= 11 is 5.82. The fourth-order valence-electron chi connectivity index (χ4n) is 3.93. The first-order valence-electron chi connectivity index (χ1n) is 11.0.